The van der Waals surface area contributed by atoms with E-state index in [9.17, 15) is 17.4 Å². The number of anilines is 2. The fourth-order valence-corrected chi connectivity index (χ4v) is 6.59. The van der Waals surface area contributed by atoms with E-state index in [2.05, 4.69) is 15.0 Å². The highest BCUT2D eigenvalue weighted by Gasteiger charge is 2.31. The largest absolute Gasteiger partial charge is 0.321 e. The van der Waals surface area contributed by atoms with Gasteiger partial charge in [-0.2, -0.15) is 4.31 Å². The normalized spacial score (nSPS) is 15.5. The van der Waals surface area contributed by atoms with Crippen molar-refractivity contribution in [3.63, 3.8) is 0 Å². The molecule has 4 rings (SSSR count). The summed E-state index contributed by atoms with van der Waals surface area (Å²) >= 11 is 0. The fourth-order valence-electron chi connectivity index (χ4n) is 4.08. The van der Waals surface area contributed by atoms with E-state index in [1.165, 1.54) is 16.6 Å². The number of hydrogen-bond donors (Lipinski definition) is 2. The Morgan fingerprint density at radius 3 is 2.34 bits per heavy atom. The first-order chi connectivity index (χ1) is 16.9. The quantitative estimate of drug-likeness (QED) is 0.464. The molecule has 0 saturated heterocycles. The molecule has 0 aliphatic heterocycles. The van der Waals surface area contributed by atoms with E-state index in [1.54, 1.807) is 67.7 Å². The van der Waals surface area contributed by atoms with Crippen molar-refractivity contribution in [3.8, 4) is 0 Å². The highest BCUT2D eigenvalue weighted by Crippen LogP contribution is 2.30. The van der Waals surface area contributed by atoms with Crippen LogP contribution in [0.5, 0.6) is 0 Å². The van der Waals surface area contributed by atoms with Crippen LogP contribution in [0.25, 0.3) is 0 Å². The lowest BCUT2D eigenvalue weighted by molar-refractivity contribution is 0.102. The first kappa shape index (κ1) is 25.0. The maximum Gasteiger partial charge on any atom is 0.274 e. The number of para-hydroxylation sites is 1. The lowest BCUT2D eigenvalue weighted by atomic mass is 9.96. The van der Waals surface area contributed by atoms with Crippen LogP contribution in [0.3, 0.4) is 0 Å². The molecule has 0 radical (unpaired) electrons. The highest BCUT2D eigenvalue weighted by atomic mass is 32.2. The van der Waals surface area contributed by atoms with Gasteiger partial charge in [-0.15, -0.1) is 0 Å². The van der Waals surface area contributed by atoms with Crippen LogP contribution in [0, 0.1) is 0 Å². The third kappa shape index (κ3) is 5.95. The van der Waals surface area contributed by atoms with Gasteiger partial charge >= 0.3 is 0 Å². The molecule has 35 heavy (non-hydrogen) atoms. The van der Waals surface area contributed by atoms with Crippen LogP contribution in [0.2, 0.25) is 0 Å². The average Bonchev–Trinajstić information content (AvgIpc) is 2.90. The number of nitrogens with zero attached hydrogens (tertiary/aromatic N) is 2. The van der Waals surface area contributed by atoms with Crippen molar-refractivity contribution in [3.05, 3.63) is 78.6 Å². The van der Waals surface area contributed by atoms with E-state index in [1.807, 2.05) is 0 Å². The number of pyridine rings is 1. The molecule has 10 heteroatoms. The molecule has 0 spiro atoms. The predicted molar refractivity (Wildman–Crippen MR) is 137 cm³/mol. The molecule has 1 aliphatic rings. The van der Waals surface area contributed by atoms with Gasteiger partial charge in [-0.05, 0) is 61.4 Å². The van der Waals surface area contributed by atoms with Crippen molar-refractivity contribution >= 4 is 38.3 Å². The zero-order valence-corrected chi connectivity index (χ0v) is 21.0. The van der Waals surface area contributed by atoms with Crippen LogP contribution in [0.4, 0.5) is 11.4 Å². The minimum atomic E-state index is -3.76. The Kier molecular flexibility index (Phi) is 7.94. The van der Waals surface area contributed by atoms with Gasteiger partial charge in [-0.25, -0.2) is 12.6 Å². The minimum absolute atomic E-state index is 0.0267. The number of benzene rings is 2. The van der Waals surface area contributed by atoms with Gasteiger partial charge in [0.1, 0.15) is 21.6 Å². The van der Waals surface area contributed by atoms with Gasteiger partial charge in [0.15, 0.2) is 0 Å². The Hall–Kier alpha value is -3.08. The van der Waals surface area contributed by atoms with Crippen molar-refractivity contribution in [2.45, 2.75) is 47.9 Å². The van der Waals surface area contributed by atoms with Crippen molar-refractivity contribution in [1.29, 1.82) is 0 Å². The third-order valence-electron chi connectivity index (χ3n) is 6.06. The summed E-state index contributed by atoms with van der Waals surface area (Å²) in [6.45, 7) is 0. The number of nitrogens with one attached hydrogen (secondary N) is 2. The predicted octanol–water partition coefficient (Wildman–Crippen LogP) is 4.42. The van der Waals surface area contributed by atoms with Crippen molar-refractivity contribution < 1.29 is 17.4 Å². The summed E-state index contributed by atoms with van der Waals surface area (Å²) < 4.78 is 44.1. The lowest BCUT2D eigenvalue weighted by Crippen LogP contribution is -2.38. The number of carbonyl (C=O) groups excluding carboxylic acids is 1. The van der Waals surface area contributed by atoms with Gasteiger partial charge in [0.2, 0.25) is 10.0 Å². The molecule has 1 atom stereocenters. The summed E-state index contributed by atoms with van der Waals surface area (Å²) in [5.41, 5.74) is 1.09. The lowest BCUT2D eigenvalue weighted by Gasteiger charge is -2.30. The molecule has 1 aliphatic carbocycles. The number of carbonyl (C=O) groups is 1. The first-order valence-corrected chi connectivity index (χ1v) is 14.0. The Labute approximate surface area is 208 Å². The monoisotopic (exact) mass is 512 g/mol. The molecule has 1 amide bonds. The van der Waals surface area contributed by atoms with Crippen LogP contribution in [-0.2, 0) is 21.0 Å². The second-order valence-corrected chi connectivity index (χ2v) is 11.6. The van der Waals surface area contributed by atoms with Gasteiger partial charge in [-0.1, -0.05) is 37.5 Å². The molecule has 1 saturated carbocycles. The maximum atomic E-state index is 13.4. The van der Waals surface area contributed by atoms with Gasteiger partial charge in [0, 0.05) is 25.0 Å². The fraction of sp³-hybridized carbons (Fsp3) is 0.280. The molecule has 1 heterocycles. The van der Waals surface area contributed by atoms with E-state index < -0.39 is 21.0 Å². The number of amides is 1. The van der Waals surface area contributed by atoms with Crippen molar-refractivity contribution in [2.24, 2.45) is 0 Å². The molecular weight excluding hydrogens is 484 g/mol. The zero-order valence-electron chi connectivity index (χ0n) is 19.4. The van der Waals surface area contributed by atoms with Crippen LogP contribution < -0.4 is 10.0 Å². The molecule has 3 aromatic rings. The summed E-state index contributed by atoms with van der Waals surface area (Å²) in [7, 11) is -3.85. The van der Waals surface area contributed by atoms with Crippen molar-refractivity contribution in [1.82, 2.24) is 9.29 Å². The molecule has 1 unspecified atom stereocenters. The second kappa shape index (κ2) is 11.1. The molecular formula is C25H28N4O4S2. The summed E-state index contributed by atoms with van der Waals surface area (Å²) in [4.78, 5) is 16.8. The average molecular weight is 513 g/mol. The topological polar surface area (TPSA) is 108 Å². The maximum absolute atomic E-state index is 13.4. The number of sulfonamides is 1. The molecule has 1 aromatic heterocycles. The van der Waals surface area contributed by atoms with E-state index in [4.69, 9.17) is 0 Å². The van der Waals surface area contributed by atoms with Crippen LogP contribution in [0.1, 0.15) is 42.6 Å². The van der Waals surface area contributed by atoms with Crippen LogP contribution in [0.15, 0.2) is 82.7 Å². The third-order valence-corrected chi connectivity index (χ3v) is 9.13. The van der Waals surface area contributed by atoms with Crippen LogP contribution in [-0.4, -0.2) is 40.9 Å². The van der Waals surface area contributed by atoms with E-state index in [0.29, 0.717) is 10.6 Å². The summed E-state index contributed by atoms with van der Waals surface area (Å²) in [5, 5.41) is 2.74. The molecule has 1 fully saturated rings. The molecule has 2 N–H and O–H groups in total. The van der Waals surface area contributed by atoms with Gasteiger partial charge < -0.3 is 5.32 Å². The van der Waals surface area contributed by atoms with E-state index >= 15 is 0 Å². The zero-order chi connectivity index (χ0) is 24.8. The highest BCUT2D eigenvalue weighted by molar-refractivity contribution is 7.89. The van der Waals surface area contributed by atoms with Gasteiger partial charge in [-0.3, -0.25) is 14.5 Å². The molecule has 184 valence electrons. The van der Waals surface area contributed by atoms with Crippen molar-refractivity contribution in [2.75, 3.05) is 17.1 Å². The Bertz CT molecular complexity index is 1290. The Morgan fingerprint density at radius 1 is 0.971 bits per heavy atom. The second-order valence-electron chi connectivity index (χ2n) is 8.37. The molecule has 8 nitrogen and oxygen atoms in total. The van der Waals surface area contributed by atoms with E-state index in [0.717, 1.165) is 32.1 Å². The number of aromatic nitrogens is 1. The molecule has 2 aromatic carbocycles. The SMILES string of the molecule is CN(C1CCCCC1)S(=O)(=O)c1ccccc1NS(=O)c1ccc(NC(=O)c2ccccn2)cc1. The van der Waals surface area contributed by atoms with Crippen LogP contribution >= 0.6 is 0 Å². The summed E-state index contributed by atoms with van der Waals surface area (Å²) in [6.07, 6.45) is 6.41. The smallest absolute Gasteiger partial charge is 0.274 e. The first-order valence-electron chi connectivity index (χ1n) is 11.4. The minimum Gasteiger partial charge on any atom is -0.321 e. The Balaban J connectivity index is 1.47. The Morgan fingerprint density at radius 2 is 1.66 bits per heavy atom. The van der Waals surface area contributed by atoms with Gasteiger partial charge in [0.05, 0.1) is 10.6 Å². The number of rotatable bonds is 8. The summed E-state index contributed by atoms with van der Waals surface area (Å²) in [6, 6.07) is 18.0. The molecule has 0 bridgehead atoms. The number of hydrogen-bond acceptors (Lipinski definition) is 5. The van der Waals surface area contributed by atoms with Gasteiger partial charge in [0.25, 0.3) is 5.91 Å². The summed E-state index contributed by atoms with van der Waals surface area (Å²) in [5.74, 6) is -0.348. The van der Waals surface area contributed by atoms with E-state index in [-0.39, 0.29) is 28.2 Å². The standard InChI is InChI=1S/C25H28N4O4S2/c1-29(20-9-3-2-4-10-20)35(32,33)24-13-6-5-11-22(24)28-34(31)21-16-14-19(15-17-21)27-25(30)23-12-7-8-18-26-23/h5-8,11-18,20,28H,2-4,9-10H2,1H3,(H,27,30).